The molecule has 33 heavy (non-hydrogen) atoms. The van der Waals surface area contributed by atoms with Gasteiger partial charge >= 0.3 is 0 Å². The molecule has 2 aromatic carbocycles. The molecule has 0 spiro atoms. The summed E-state index contributed by atoms with van der Waals surface area (Å²) in [7, 11) is 0. The lowest BCUT2D eigenvalue weighted by Gasteiger charge is -2.11. The van der Waals surface area contributed by atoms with Crippen LogP contribution in [0.3, 0.4) is 0 Å². The highest BCUT2D eigenvalue weighted by atomic mass is 32.2. The first-order chi connectivity index (χ1) is 16.1. The van der Waals surface area contributed by atoms with Crippen LogP contribution in [0.4, 0.5) is 10.8 Å². The third-order valence-corrected chi connectivity index (χ3v) is 7.56. The van der Waals surface area contributed by atoms with Gasteiger partial charge in [0, 0.05) is 12.2 Å². The molecule has 0 radical (unpaired) electrons. The van der Waals surface area contributed by atoms with Crippen LogP contribution >= 0.6 is 23.1 Å². The number of rotatable bonds is 7. The van der Waals surface area contributed by atoms with Crippen molar-refractivity contribution in [3.05, 3.63) is 69.8 Å². The Hall–Kier alpha value is -3.24. The highest BCUT2D eigenvalue weighted by molar-refractivity contribution is 8.00. The molecular formula is C23H23N7OS2. The van der Waals surface area contributed by atoms with Gasteiger partial charge in [0.15, 0.2) is 4.34 Å². The van der Waals surface area contributed by atoms with Crippen molar-refractivity contribution in [1.29, 1.82) is 0 Å². The smallest absolute Gasteiger partial charge is 0.262 e. The van der Waals surface area contributed by atoms with Crippen molar-refractivity contribution in [2.24, 2.45) is 0 Å². The molecule has 0 unspecified atom stereocenters. The van der Waals surface area contributed by atoms with Crippen LogP contribution in [0.5, 0.6) is 0 Å². The molecule has 168 valence electrons. The maximum Gasteiger partial charge on any atom is 0.262 e. The number of aromatic nitrogens is 6. The van der Waals surface area contributed by atoms with Gasteiger partial charge in [0.05, 0.1) is 16.7 Å². The summed E-state index contributed by atoms with van der Waals surface area (Å²) in [6.07, 6.45) is 0.946. The predicted octanol–water partition coefficient (Wildman–Crippen LogP) is 4.82. The molecule has 5 rings (SSSR count). The van der Waals surface area contributed by atoms with E-state index in [2.05, 4.69) is 57.8 Å². The summed E-state index contributed by atoms with van der Waals surface area (Å²) in [6, 6.07) is 13.9. The van der Waals surface area contributed by atoms with Gasteiger partial charge in [-0.1, -0.05) is 60.4 Å². The summed E-state index contributed by atoms with van der Waals surface area (Å²) in [5, 5.41) is 22.2. The van der Waals surface area contributed by atoms with E-state index in [9.17, 15) is 4.79 Å². The average molecular weight is 478 g/mol. The normalized spacial score (nSPS) is 11.5. The monoisotopic (exact) mass is 477 g/mol. The Morgan fingerprint density at radius 2 is 1.88 bits per heavy atom. The molecule has 0 saturated carbocycles. The van der Waals surface area contributed by atoms with E-state index in [0.29, 0.717) is 23.5 Å². The first-order valence-corrected chi connectivity index (χ1v) is 12.6. The van der Waals surface area contributed by atoms with Crippen LogP contribution in [0.15, 0.2) is 51.6 Å². The van der Waals surface area contributed by atoms with Gasteiger partial charge in [-0.05, 0) is 43.5 Å². The van der Waals surface area contributed by atoms with Crippen molar-refractivity contribution in [2.45, 2.75) is 43.8 Å². The number of nitrogens with one attached hydrogen (secondary N) is 1. The zero-order valence-corrected chi connectivity index (χ0v) is 20.2. The molecule has 0 atom stereocenters. The van der Waals surface area contributed by atoms with E-state index in [1.807, 2.05) is 35.6 Å². The van der Waals surface area contributed by atoms with Crippen LogP contribution in [0.25, 0.3) is 16.7 Å². The molecule has 0 bridgehead atoms. The lowest BCUT2D eigenvalue weighted by molar-refractivity contribution is 0.735. The van der Waals surface area contributed by atoms with Crippen LogP contribution in [0, 0.1) is 6.92 Å². The molecule has 0 saturated heterocycles. The van der Waals surface area contributed by atoms with Gasteiger partial charge in [0.1, 0.15) is 5.82 Å². The van der Waals surface area contributed by atoms with Crippen LogP contribution in [0.1, 0.15) is 30.8 Å². The number of aryl methyl sites for hydroxylation is 3. The van der Waals surface area contributed by atoms with Crippen molar-refractivity contribution in [2.75, 3.05) is 5.32 Å². The average Bonchev–Trinajstić information content (AvgIpc) is 3.46. The molecule has 3 heterocycles. The number of hydrogen-bond donors (Lipinski definition) is 1. The molecule has 0 aliphatic rings. The molecular weight excluding hydrogens is 454 g/mol. The van der Waals surface area contributed by atoms with Crippen molar-refractivity contribution >= 4 is 50.6 Å². The summed E-state index contributed by atoms with van der Waals surface area (Å²) in [4.78, 5) is 12.8. The van der Waals surface area contributed by atoms with Gasteiger partial charge in [0.2, 0.25) is 10.9 Å². The molecule has 10 heteroatoms. The first kappa shape index (κ1) is 21.6. The lowest BCUT2D eigenvalue weighted by atomic mass is 10.1. The number of nitrogens with zero attached hydrogens (tertiary/aromatic N) is 6. The summed E-state index contributed by atoms with van der Waals surface area (Å²) in [6.45, 7) is 6.71. The van der Waals surface area contributed by atoms with Crippen LogP contribution in [0.2, 0.25) is 0 Å². The van der Waals surface area contributed by atoms with Crippen molar-refractivity contribution in [3.8, 4) is 0 Å². The quantitative estimate of drug-likeness (QED) is 0.336. The Labute approximate surface area is 198 Å². The lowest BCUT2D eigenvalue weighted by Crippen LogP contribution is -2.22. The van der Waals surface area contributed by atoms with Gasteiger partial charge in [-0.15, -0.1) is 20.4 Å². The maximum atomic E-state index is 12.8. The van der Waals surface area contributed by atoms with E-state index < -0.39 is 0 Å². The second kappa shape index (κ2) is 8.95. The molecule has 0 aliphatic carbocycles. The largest absolute Gasteiger partial charge is 0.330 e. The number of hydrogen-bond acceptors (Lipinski definition) is 8. The summed E-state index contributed by atoms with van der Waals surface area (Å²) >= 11 is 3.07. The second-order valence-corrected chi connectivity index (χ2v) is 9.77. The maximum absolute atomic E-state index is 12.8. The van der Waals surface area contributed by atoms with E-state index in [-0.39, 0.29) is 5.56 Å². The number of benzene rings is 2. The van der Waals surface area contributed by atoms with Gasteiger partial charge in [0.25, 0.3) is 5.56 Å². The van der Waals surface area contributed by atoms with Crippen molar-refractivity contribution < 1.29 is 0 Å². The Morgan fingerprint density at radius 3 is 2.70 bits per heavy atom. The minimum atomic E-state index is -0.0466. The molecule has 0 aliphatic heterocycles. The number of fused-ring (bicyclic) bond motifs is 3. The topological polar surface area (TPSA) is 90.0 Å². The highest BCUT2D eigenvalue weighted by Gasteiger charge is 2.17. The van der Waals surface area contributed by atoms with E-state index >= 15 is 0 Å². The molecule has 1 N–H and O–H groups in total. The molecule has 3 aromatic heterocycles. The molecule has 5 aromatic rings. The zero-order valence-electron chi connectivity index (χ0n) is 18.6. The number of para-hydroxylation sites is 2. The summed E-state index contributed by atoms with van der Waals surface area (Å²) in [5.74, 6) is 1.89. The molecule has 0 amide bonds. The Kier molecular flexibility index (Phi) is 5.86. The zero-order chi connectivity index (χ0) is 22.9. The van der Waals surface area contributed by atoms with Gasteiger partial charge in [-0.2, -0.15) is 0 Å². The third-order valence-electron chi connectivity index (χ3n) is 5.59. The second-order valence-electron chi connectivity index (χ2n) is 7.57. The molecule has 0 fully saturated rings. The van der Waals surface area contributed by atoms with Crippen LogP contribution < -0.4 is 10.9 Å². The van der Waals surface area contributed by atoms with Crippen molar-refractivity contribution in [1.82, 2.24) is 29.4 Å². The SMILES string of the molecule is CCc1cccc(C)c1Nc1nnc(SCc2nnc3n(CC)c(=O)c4ccccc4n23)s1. The predicted molar refractivity (Wildman–Crippen MR) is 134 cm³/mol. The number of anilines is 2. The van der Waals surface area contributed by atoms with Crippen molar-refractivity contribution in [3.63, 3.8) is 0 Å². The van der Waals surface area contributed by atoms with Crippen LogP contribution in [-0.4, -0.2) is 29.4 Å². The van der Waals surface area contributed by atoms with Gasteiger partial charge < -0.3 is 5.32 Å². The van der Waals surface area contributed by atoms with E-state index in [4.69, 9.17) is 0 Å². The number of thioether (sulfide) groups is 1. The van der Waals surface area contributed by atoms with E-state index in [1.54, 1.807) is 16.3 Å². The Bertz CT molecular complexity index is 1520. The fourth-order valence-electron chi connectivity index (χ4n) is 3.95. The first-order valence-electron chi connectivity index (χ1n) is 10.8. The fraction of sp³-hybridized carbons (Fsp3) is 0.261. The van der Waals surface area contributed by atoms with Gasteiger partial charge in [-0.3, -0.25) is 13.8 Å². The van der Waals surface area contributed by atoms with E-state index in [1.165, 1.54) is 22.5 Å². The highest BCUT2D eigenvalue weighted by Crippen LogP contribution is 2.32. The Morgan fingerprint density at radius 1 is 1.03 bits per heavy atom. The summed E-state index contributed by atoms with van der Waals surface area (Å²) < 4.78 is 4.46. The fourth-order valence-corrected chi connectivity index (χ4v) is 5.62. The van der Waals surface area contributed by atoms with E-state index in [0.717, 1.165) is 32.9 Å². The van der Waals surface area contributed by atoms with Gasteiger partial charge in [-0.25, -0.2) is 0 Å². The molecule has 8 nitrogen and oxygen atoms in total. The minimum Gasteiger partial charge on any atom is -0.330 e. The summed E-state index contributed by atoms with van der Waals surface area (Å²) in [5.41, 5.74) is 4.30. The Balaban J connectivity index is 1.42. The van der Waals surface area contributed by atoms with Crippen LogP contribution in [-0.2, 0) is 18.7 Å². The third kappa shape index (κ3) is 3.89. The minimum absolute atomic E-state index is 0.0466. The standard InChI is InChI=1S/C23H23N7OS2/c1-4-15-10-8-9-14(3)19(15)24-21-26-28-23(33-21)32-13-18-25-27-22-29(5-2)20(31)16-11-6-7-12-17(16)30(18)22/h6-12H,4-5,13H2,1-3H3,(H,24,26).